The van der Waals surface area contributed by atoms with Gasteiger partial charge in [-0.15, -0.1) is 0 Å². The van der Waals surface area contributed by atoms with Gasteiger partial charge >= 0.3 is 5.97 Å². The minimum absolute atomic E-state index is 0.0232. The fourth-order valence-electron chi connectivity index (χ4n) is 1.62. The lowest BCUT2D eigenvalue weighted by Crippen LogP contribution is -2.30. The van der Waals surface area contributed by atoms with Gasteiger partial charge in [-0.25, -0.2) is 9.78 Å². The predicted molar refractivity (Wildman–Crippen MR) is 70.0 cm³/mol. The molecule has 1 amide bonds. The van der Waals surface area contributed by atoms with Crippen molar-refractivity contribution >= 4 is 11.9 Å². The molecule has 2 rings (SSSR count). The number of pyridine rings is 1. The Morgan fingerprint density at radius 3 is 2.80 bits per heavy atom. The Bertz CT molecular complexity index is 593. The quantitative estimate of drug-likeness (QED) is 0.842. The molecule has 0 saturated heterocycles. The largest absolute Gasteiger partial charge is 0.477 e. The SMILES string of the molecule is CC(C(=O)NCc1ccc(C(=O)O)nc1)n1cccn1. The summed E-state index contributed by atoms with van der Waals surface area (Å²) in [5.74, 6) is -1.25. The van der Waals surface area contributed by atoms with Gasteiger partial charge in [-0.3, -0.25) is 9.48 Å². The number of aromatic nitrogens is 3. The fraction of sp³-hybridized carbons (Fsp3) is 0.231. The highest BCUT2D eigenvalue weighted by Gasteiger charge is 2.14. The van der Waals surface area contributed by atoms with E-state index in [1.54, 1.807) is 36.1 Å². The minimum Gasteiger partial charge on any atom is -0.477 e. The summed E-state index contributed by atoms with van der Waals surface area (Å²) in [5, 5.41) is 15.5. The lowest BCUT2D eigenvalue weighted by Gasteiger charge is -2.12. The summed E-state index contributed by atoms with van der Waals surface area (Å²) in [6, 6.07) is 4.37. The Hall–Kier alpha value is -2.70. The molecule has 0 fully saturated rings. The first-order valence-electron chi connectivity index (χ1n) is 6.03. The molecule has 0 aliphatic carbocycles. The summed E-state index contributed by atoms with van der Waals surface area (Å²) in [7, 11) is 0. The standard InChI is InChI=1S/C13H14N4O3/c1-9(17-6-2-5-16-17)12(18)15-8-10-3-4-11(13(19)20)14-7-10/h2-7,9H,8H2,1H3,(H,15,18)(H,19,20). The van der Waals surface area contributed by atoms with E-state index in [0.29, 0.717) is 0 Å². The third kappa shape index (κ3) is 3.19. The number of carbonyl (C=O) groups is 2. The molecule has 7 nitrogen and oxygen atoms in total. The zero-order valence-corrected chi connectivity index (χ0v) is 10.9. The van der Waals surface area contributed by atoms with Gasteiger partial charge in [0, 0.05) is 25.1 Å². The molecule has 2 N–H and O–H groups in total. The maximum Gasteiger partial charge on any atom is 0.354 e. The van der Waals surface area contributed by atoms with Crippen LogP contribution in [0.25, 0.3) is 0 Å². The Morgan fingerprint density at radius 2 is 2.25 bits per heavy atom. The normalized spacial score (nSPS) is 11.8. The summed E-state index contributed by atoms with van der Waals surface area (Å²) in [6.45, 7) is 2.03. The molecule has 2 heterocycles. The fourth-order valence-corrected chi connectivity index (χ4v) is 1.62. The van der Waals surface area contributed by atoms with Crippen molar-refractivity contribution < 1.29 is 14.7 Å². The molecule has 0 aliphatic heterocycles. The van der Waals surface area contributed by atoms with E-state index in [1.165, 1.54) is 12.3 Å². The molecule has 2 aromatic heterocycles. The third-order valence-electron chi connectivity index (χ3n) is 2.81. The maximum atomic E-state index is 11.9. The van der Waals surface area contributed by atoms with Crippen molar-refractivity contribution in [3.63, 3.8) is 0 Å². The molecule has 0 bridgehead atoms. The van der Waals surface area contributed by atoms with Crippen LogP contribution in [0.15, 0.2) is 36.8 Å². The van der Waals surface area contributed by atoms with Gasteiger partial charge in [-0.2, -0.15) is 5.10 Å². The van der Waals surface area contributed by atoms with E-state index in [2.05, 4.69) is 15.4 Å². The number of carboxylic acids is 1. The lowest BCUT2D eigenvalue weighted by atomic mass is 10.2. The molecule has 1 unspecified atom stereocenters. The van der Waals surface area contributed by atoms with Crippen molar-refractivity contribution in [3.8, 4) is 0 Å². The Labute approximate surface area is 115 Å². The molecule has 0 aliphatic rings. The highest BCUT2D eigenvalue weighted by Crippen LogP contribution is 2.05. The Morgan fingerprint density at radius 1 is 1.45 bits per heavy atom. The van der Waals surface area contributed by atoms with Crippen LogP contribution < -0.4 is 5.32 Å². The molecule has 1 atom stereocenters. The van der Waals surface area contributed by atoms with Crippen LogP contribution in [0.5, 0.6) is 0 Å². The molecule has 2 aromatic rings. The van der Waals surface area contributed by atoms with Crippen LogP contribution in [0.4, 0.5) is 0 Å². The number of carboxylic acid groups (broad SMARTS) is 1. The van der Waals surface area contributed by atoms with Crippen LogP contribution in [0.1, 0.15) is 29.0 Å². The maximum absolute atomic E-state index is 11.9. The Balaban J connectivity index is 1.91. The van der Waals surface area contributed by atoms with E-state index >= 15 is 0 Å². The lowest BCUT2D eigenvalue weighted by molar-refractivity contribution is -0.124. The smallest absolute Gasteiger partial charge is 0.354 e. The average Bonchev–Trinajstić information content (AvgIpc) is 2.98. The second-order valence-electron chi connectivity index (χ2n) is 4.24. The van der Waals surface area contributed by atoms with Gasteiger partial charge in [0.05, 0.1) is 0 Å². The predicted octanol–water partition coefficient (Wildman–Crippen LogP) is 0.854. The zero-order valence-electron chi connectivity index (χ0n) is 10.9. The van der Waals surface area contributed by atoms with Crippen molar-refractivity contribution in [1.82, 2.24) is 20.1 Å². The van der Waals surface area contributed by atoms with E-state index < -0.39 is 12.0 Å². The number of nitrogens with one attached hydrogen (secondary N) is 1. The summed E-state index contributed by atoms with van der Waals surface area (Å²) < 4.78 is 1.56. The van der Waals surface area contributed by atoms with Gasteiger partial charge in [0.1, 0.15) is 11.7 Å². The van der Waals surface area contributed by atoms with Crippen LogP contribution in [0, 0.1) is 0 Å². The average molecular weight is 274 g/mol. The van der Waals surface area contributed by atoms with E-state index in [1.807, 2.05) is 0 Å². The van der Waals surface area contributed by atoms with Crippen LogP contribution in [-0.4, -0.2) is 31.7 Å². The van der Waals surface area contributed by atoms with Crippen molar-refractivity contribution in [2.75, 3.05) is 0 Å². The molecule has 0 radical (unpaired) electrons. The molecule has 7 heteroatoms. The molecule has 0 spiro atoms. The molecule has 104 valence electrons. The van der Waals surface area contributed by atoms with Gasteiger partial charge in [-0.05, 0) is 24.6 Å². The molecule has 0 aromatic carbocycles. The van der Waals surface area contributed by atoms with Crippen molar-refractivity contribution in [2.24, 2.45) is 0 Å². The second kappa shape index (κ2) is 5.96. The van der Waals surface area contributed by atoms with Crippen LogP contribution in [0.2, 0.25) is 0 Å². The van der Waals surface area contributed by atoms with Crippen molar-refractivity contribution in [1.29, 1.82) is 0 Å². The van der Waals surface area contributed by atoms with Crippen LogP contribution in [0.3, 0.4) is 0 Å². The van der Waals surface area contributed by atoms with Crippen molar-refractivity contribution in [2.45, 2.75) is 19.5 Å². The zero-order chi connectivity index (χ0) is 14.5. The molecule has 20 heavy (non-hydrogen) atoms. The van der Waals surface area contributed by atoms with Gasteiger partial charge in [0.15, 0.2) is 0 Å². The number of nitrogens with zero attached hydrogens (tertiary/aromatic N) is 3. The highest BCUT2D eigenvalue weighted by molar-refractivity contribution is 5.85. The highest BCUT2D eigenvalue weighted by atomic mass is 16.4. The van der Waals surface area contributed by atoms with Crippen molar-refractivity contribution in [3.05, 3.63) is 48.0 Å². The number of hydrogen-bond donors (Lipinski definition) is 2. The minimum atomic E-state index is -1.08. The van der Waals surface area contributed by atoms with Crippen LogP contribution in [-0.2, 0) is 11.3 Å². The number of hydrogen-bond acceptors (Lipinski definition) is 4. The second-order valence-corrected chi connectivity index (χ2v) is 4.24. The molecule has 0 saturated carbocycles. The van der Waals surface area contributed by atoms with E-state index in [-0.39, 0.29) is 18.1 Å². The van der Waals surface area contributed by atoms with E-state index in [4.69, 9.17) is 5.11 Å². The van der Waals surface area contributed by atoms with E-state index in [9.17, 15) is 9.59 Å². The van der Waals surface area contributed by atoms with E-state index in [0.717, 1.165) is 5.56 Å². The summed E-state index contributed by atoms with van der Waals surface area (Å²) in [4.78, 5) is 26.3. The van der Waals surface area contributed by atoms with Gasteiger partial charge in [0.2, 0.25) is 5.91 Å². The monoisotopic (exact) mass is 274 g/mol. The topological polar surface area (TPSA) is 97.1 Å². The summed E-state index contributed by atoms with van der Waals surface area (Å²) in [6.07, 6.45) is 4.76. The third-order valence-corrected chi connectivity index (χ3v) is 2.81. The number of rotatable bonds is 5. The number of carbonyl (C=O) groups excluding carboxylic acids is 1. The number of aromatic carboxylic acids is 1. The van der Waals surface area contributed by atoms with Gasteiger partial charge < -0.3 is 10.4 Å². The molecular weight excluding hydrogens is 260 g/mol. The number of amides is 1. The molecular formula is C13H14N4O3. The first-order chi connectivity index (χ1) is 9.58. The summed E-state index contributed by atoms with van der Waals surface area (Å²) >= 11 is 0. The van der Waals surface area contributed by atoms with Gasteiger partial charge in [0.25, 0.3) is 0 Å². The Kier molecular flexibility index (Phi) is 4.09. The first kappa shape index (κ1) is 13.7. The first-order valence-corrected chi connectivity index (χ1v) is 6.03. The summed E-state index contributed by atoms with van der Waals surface area (Å²) in [5.41, 5.74) is 0.709. The van der Waals surface area contributed by atoms with Gasteiger partial charge in [-0.1, -0.05) is 6.07 Å². The van der Waals surface area contributed by atoms with Crippen LogP contribution >= 0.6 is 0 Å².